The average Bonchev–Trinajstić information content (AvgIpc) is 3.08. The lowest BCUT2D eigenvalue weighted by molar-refractivity contribution is -0.151. The van der Waals surface area contributed by atoms with E-state index in [9.17, 15) is 14.4 Å². The van der Waals surface area contributed by atoms with Crippen LogP contribution >= 0.6 is 27.5 Å². The first kappa shape index (κ1) is 21.3. The summed E-state index contributed by atoms with van der Waals surface area (Å²) in [6.07, 6.45) is 0.0397. The third-order valence-corrected chi connectivity index (χ3v) is 6.01. The van der Waals surface area contributed by atoms with Crippen LogP contribution in [0.4, 0.5) is 11.4 Å². The van der Waals surface area contributed by atoms with Crippen LogP contribution in [0.5, 0.6) is 0 Å². The Bertz CT molecular complexity index is 979. The molecule has 0 radical (unpaired) electrons. The Balaban J connectivity index is 1.55. The van der Waals surface area contributed by atoms with E-state index < -0.39 is 24.4 Å². The summed E-state index contributed by atoms with van der Waals surface area (Å²) in [4.78, 5) is 38.3. The van der Waals surface area contributed by atoms with Crippen molar-refractivity contribution in [2.24, 2.45) is 5.92 Å². The standard InChI is InChI=1S/C21H20BrClN2O4/c1-12-13(2)18(7-6-17(12)22)24-19(26)11-29-21(28)14-8-20(27)25(10-14)16-5-3-4-15(23)9-16/h3-7,9,14H,8,10-11H2,1-2H3,(H,24,26)/t14-/m0/s1. The van der Waals surface area contributed by atoms with Crippen molar-refractivity contribution in [1.82, 2.24) is 0 Å². The van der Waals surface area contributed by atoms with Gasteiger partial charge in [-0.15, -0.1) is 0 Å². The first-order valence-electron chi connectivity index (χ1n) is 9.04. The number of halogens is 2. The zero-order valence-electron chi connectivity index (χ0n) is 16.0. The van der Waals surface area contributed by atoms with Gasteiger partial charge in [0.2, 0.25) is 5.91 Å². The monoisotopic (exact) mass is 478 g/mol. The van der Waals surface area contributed by atoms with Gasteiger partial charge < -0.3 is 15.0 Å². The second-order valence-electron chi connectivity index (χ2n) is 6.89. The quantitative estimate of drug-likeness (QED) is 0.651. The predicted octanol–water partition coefficient (Wildman–Crippen LogP) is 4.25. The summed E-state index contributed by atoms with van der Waals surface area (Å²) in [5.41, 5.74) is 3.24. The van der Waals surface area contributed by atoms with Crippen molar-refractivity contribution in [1.29, 1.82) is 0 Å². The summed E-state index contributed by atoms with van der Waals surface area (Å²) in [6.45, 7) is 3.63. The van der Waals surface area contributed by atoms with E-state index in [1.807, 2.05) is 19.9 Å². The lowest BCUT2D eigenvalue weighted by Gasteiger charge is -2.16. The van der Waals surface area contributed by atoms with Crippen molar-refractivity contribution < 1.29 is 19.1 Å². The Hall–Kier alpha value is -2.38. The highest BCUT2D eigenvalue weighted by Gasteiger charge is 2.36. The molecule has 1 aliphatic heterocycles. The number of amides is 2. The van der Waals surface area contributed by atoms with E-state index in [4.69, 9.17) is 16.3 Å². The molecule has 8 heteroatoms. The van der Waals surface area contributed by atoms with Crippen LogP contribution in [-0.2, 0) is 19.1 Å². The van der Waals surface area contributed by atoms with Crippen LogP contribution in [0.1, 0.15) is 17.5 Å². The number of anilines is 2. The smallest absolute Gasteiger partial charge is 0.311 e. The SMILES string of the molecule is Cc1c(Br)ccc(NC(=O)COC(=O)[C@H]2CC(=O)N(c3cccc(Cl)c3)C2)c1C. The number of hydrogen-bond donors (Lipinski definition) is 1. The van der Waals surface area contributed by atoms with Gasteiger partial charge in [0, 0.05) is 33.8 Å². The maximum atomic E-state index is 12.3. The van der Waals surface area contributed by atoms with E-state index in [2.05, 4.69) is 21.2 Å². The highest BCUT2D eigenvalue weighted by molar-refractivity contribution is 9.10. The Morgan fingerprint density at radius 1 is 1.24 bits per heavy atom. The maximum absolute atomic E-state index is 12.3. The first-order valence-corrected chi connectivity index (χ1v) is 10.2. The van der Waals surface area contributed by atoms with E-state index in [-0.39, 0.29) is 18.9 Å². The van der Waals surface area contributed by atoms with Gasteiger partial charge in [-0.1, -0.05) is 33.6 Å². The third-order valence-electron chi connectivity index (χ3n) is 4.92. The number of nitrogens with one attached hydrogen (secondary N) is 1. The molecule has 3 rings (SSSR count). The highest BCUT2D eigenvalue weighted by atomic mass is 79.9. The first-order chi connectivity index (χ1) is 13.8. The number of carbonyl (C=O) groups is 3. The number of nitrogens with zero attached hydrogens (tertiary/aromatic N) is 1. The summed E-state index contributed by atoms with van der Waals surface area (Å²) in [5, 5.41) is 3.26. The van der Waals surface area contributed by atoms with Crippen molar-refractivity contribution in [2.45, 2.75) is 20.3 Å². The van der Waals surface area contributed by atoms with Gasteiger partial charge in [0.05, 0.1) is 5.92 Å². The number of benzene rings is 2. The Morgan fingerprint density at radius 3 is 2.72 bits per heavy atom. The normalized spacial score (nSPS) is 16.1. The number of carbonyl (C=O) groups excluding carboxylic acids is 3. The zero-order valence-corrected chi connectivity index (χ0v) is 18.3. The van der Waals surface area contributed by atoms with Crippen LogP contribution in [0.25, 0.3) is 0 Å². The molecule has 2 aromatic rings. The number of rotatable bonds is 5. The van der Waals surface area contributed by atoms with E-state index in [1.54, 1.807) is 30.3 Å². The summed E-state index contributed by atoms with van der Waals surface area (Å²) in [5.74, 6) is -1.80. The fraction of sp³-hybridized carbons (Fsp3) is 0.286. The molecule has 0 spiro atoms. The van der Waals surface area contributed by atoms with Gasteiger partial charge in [-0.05, 0) is 55.3 Å². The highest BCUT2D eigenvalue weighted by Crippen LogP contribution is 2.28. The Morgan fingerprint density at radius 2 is 2.00 bits per heavy atom. The molecule has 0 unspecified atom stereocenters. The van der Waals surface area contributed by atoms with Gasteiger partial charge in [-0.25, -0.2) is 0 Å². The topological polar surface area (TPSA) is 75.7 Å². The number of esters is 1. The zero-order chi connectivity index (χ0) is 21.1. The largest absolute Gasteiger partial charge is 0.455 e. The molecule has 2 amide bonds. The molecule has 1 fully saturated rings. The lowest BCUT2D eigenvalue weighted by Crippen LogP contribution is -2.28. The van der Waals surface area contributed by atoms with Crippen molar-refractivity contribution in [3.8, 4) is 0 Å². The molecule has 1 saturated heterocycles. The Labute approximate surface area is 182 Å². The molecule has 0 bridgehead atoms. The molecular weight excluding hydrogens is 460 g/mol. The van der Waals surface area contributed by atoms with Crippen molar-refractivity contribution in [2.75, 3.05) is 23.4 Å². The van der Waals surface area contributed by atoms with Gasteiger partial charge in [-0.2, -0.15) is 0 Å². The lowest BCUT2D eigenvalue weighted by atomic mass is 10.1. The average molecular weight is 480 g/mol. The van der Waals surface area contributed by atoms with Crippen molar-refractivity contribution in [3.05, 3.63) is 57.0 Å². The number of ether oxygens (including phenoxy) is 1. The molecule has 0 aromatic heterocycles. The van der Waals surface area contributed by atoms with E-state index in [0.717, 1.165) is 15.6 Å². The Kier molecular flexibility index (Phi) is 6.59. The summed E-state index contributed by atoms with van der Waals surface area (Å²) in [7, 11) is 0. The van der Waals surface area contributed by atoms with Gasteiger partial charge >= 0.3 is 5.97 Å². The second kappa shape index (κ2) is 8.97. The minimum Gasteiger partial charge on any atom is -0.455 e. The fourth-order valence-electron chi connectivity index (χ4n) is 3.12. The van der Waals surface area contributed by atoms with Gasteiger partial charge in [-0.3, -0.25) is 14.4 Å². The van der Waals surface area contributed by atoms with E-state index >= 15 is 0 Å². The summed E-state index contributed by atoms with van der Waals surface area (Å²) in [6, 6.07) is 10.5. The van der Waals surface area contributed by atoms with Gasteiger partial charge in [0.1, 0.15) is 0 Å². The molecule has 6 nitrogen and oxygen atoms in total. The molecule has 152 valence electrons. The minimum atomic E-state index is -0.619. The van der Waals surface area contributed by atoms with Crippen LogP contribution in [0.2, 0.25) is 5.02 Å². The fourth-order valence-corrected chi connectivity index (χ4v) is 3.74. The molecule has 1 atom stereocenters. The van der Waals surface area contributed by atoms with Crippen LogP contribution < -0.4 is 10.2 Å². The van der Waals surface area contributed by atoms with Gasteiger partial charge in [0.15, 0.2) is 6.61 Å². The molecular formula is C21H20BrClN2O4. The molecule has 0 saturated carbocycles. The summed E-state index contributed by atoms with van der Waals surface area (Å²) >= 11 is 9.42. The van der Waals surface area contributed by atoms with E-state index in [1.165, 1.54) is 4.90 Å². The van der Waals surface area contributed by atoms with Crippen LogP contribution in [0.15, 0.2) is 40.9 Å². The molecule has 29 heavy (non-hydrogen) atoms. The molecule has 1 aliphatic rings. The maximum Gasteiger partial charge on any atom is 0.311 e. The molecule has 0 aliphatic carbocycles. The molecule has 1 heterocycles. The second-order valence-corrected chi connectivity index (χ2v) is 8.18. The van der Waals surface area contributed by atoms with Crippen molar-refractivity contribution >= 4 is 56.7 Å². The van der Waals surface area contributed by atoms with Crippen LogP contribution in [-0.4, -0.2) is 30.9 Å². The number of hydrogen-bond acceptors (Lipinski definition) is 4. The van der Waals surface area contributed by atoms with E-state index in [0.29, 0.717) is 16.4 Å². The molecule has 1 N–H and O–H groups in total. The van der Waals surface area contributed by atoms with Crippen molar-refractivity contribution in [3.63, 3.8) is 0 Å². The minimum absolute atomic E-state index is 0.0397. The van der Waals surface area contributed by atoms with Gasteiger partial charge in [0.25, 0.3) is 5.91 Å². The molecule has 2 aromatic carbocycles. The summed E-state index contributed by atoms with van der Waals surface area (Å²) < 4.78 is 6.10. The van der Waals surface area contributed by atoms with Crippen LogP contribution in [0.3, 0.4) is 0 Å². The third kappa shape index (κ3) is 4.97. The van der Waals surface area contributed by atoms with Crippen LogP contribution in [0, 0.1) is 19.8 Å². The predicted molar refractivity (Wildman–Crippen MR) is 115 cm³/mol.